The summed E-state index contributed by atoms with van der Waals surface area (Å²) in [6, 6.07) is 4.29. The summed E-state index contributed by atoms with van der Waals surface area (Å²) in [6.45, 7) is 3.07. The molecule has 0 radical (unpaired) electrons. The van der Waals surface area contributed by atoms with Gasteiger partial charge in [-0.15, -0.1) is 0 Å². The summed E-state index contributed by atoms with van der Waals surface area (Å²) in [6.07, 6.45) is 5.73. The summed E-state index contributed by atoms with van der Waals surface area (Å²) in [5.74, 6) is -0.512. The number of benzene rings is 1. The van der Waals surface area contributed by atoms with Crippen LogP contribution in [0.3, 0.4) is 0 Å². The summed E-state index contributed by atoms with van der Waals surface area (Å²) in [5, 5.41) is 3.20. The van der Waals surface area contributed by atoms with Gasteiger partial charge in [-0.2, -0.15) is 0 Å². The average molecular weight is 448 g/mol. The fourth-order valence-electron chi connectivity index (χ4n) is 3.55. The molecule has 1 aromatic heterocycles. The number of anilines is 1. The molecule has 166 valence electrons. The molecule has 8 nitrogen and oxygen atoms in total. The van der Waals surface area contributed by atoms with Crippen molar-refractivity contribution in [1.29, 1.82) is 0 Å². The standard InChI is InChI=1S/C21H26FN5O3S/c1-14-4-7-17(22)19(12-14)31(29,30)24-9-8-18-16(20(28)27-10-2-3-11-27)13-23-21(26-18)25-15-5-6-15/h4,7,12-13,15,24H,2-3,5-6,8-11H2,1H3,(H,23,25,26). The second-order valence-corrected chi connectivity index (χ2v) is 9.79. The molecular formula is C21H26FN5O3S. The van der Waals surface area contributed by atoms with E-state index in [9.17, 15) is 17.6 Å². The van der Waals surface area contributed by atoms with Crippen molar-refractivity contribution in [3.63, 3.8) is 0 Å². The van der Waals surface area contributed by atoms with Gasteiger partial charge in [0.2, 0.25) is 16.0 Å². The first-order valence-electron chi connectivity index (χ1n) is 10.5. The molecule has 0 bridgehead atoms. The lowest BCUT2D eigenvalue weighted by atomic mass is 10.1. The number of hydrogen-bond acceptors (Lipinski definition) is 6. The van der Waals surface area contributed by atoms with Gasteiger partial charge in [-0.05, 0) is 50.3 Å². The van der Waals surface area contributed by atoms with Crippen LogP contribution in [0.2, 0.25) is 0 Å². The first-order valence-corrected chi connectivity index (χ1v) is 12.0. The van der Waals surface area contributed by atoms with Crippen molar-refractivity contribution >= 4 is 21.9 Å². The second-order valence-electron chi connectivity index (χ2n) is 8.05. The Hall–Kier alpha value is -2.59. The Kier molecular flexibility index (Phi) is 6.19. The van der Waals surface area contributed by atoms with Gasteiger partial charge in [-0.25, -0.2) is 27.5 Å². The normalized spacial score (nSPS) is 16.5. The minimum Gasteiger partial charge on any atom is -0.351 e. The van der Waals surface area contributed by atoms with Crippen LogP contribution in [0.1, 0.15) is 47.3 Å². The quantitative estimate of drug-likeness (QED) is 0.643. The van der Waals surface area contributed by atoms with E-state index >= 15 is 0 Å². The van der Waals surface area contributed by atoms with Crippen LogP contribution in [0, 0.1) is 12.7 Å². The molecule has 1 saturated carbocycles. The van der Waals surface area contributed by atoms with Crippen molar-refractivity contribution in [3.05, 3.63) is 47.0 Å². The Morgan fingerprint density at radius 2 is 2.00 bits per heavy atom. The van der Waals surface area contributed by atoms with Crippen molar-refractivity contribution in [2.45, 2.75) is 50.0 Å². The SMILES string of the molecule is Cc1ccc(F)c(S(=O)(=O)NCCc2nc(NC3CC3)ncc2C(=O)N2CCCC2)c1. The number of nitrogens with zero attached hydrogens (tertiary/aromatic N) is 3. The third kappa shape index (κ3) is 5.19. The van der Waals surface area contributed by atoms with Crippen molar-refractivity contribution < 1.29 is 17.6 Å². The van der Waals surface area contributed by atoms with Crippen LogP contribution in [-0.4, -0.2) is 54.9 Å². The van der Waals surface area contributed by atoms with E-state index in [4.69, 9.17) is 0 Å². The highest BCUT2D eigenvalue weighted by Crippen LogP contribution is 2.24. The lowest BCUT2D eigenvalue weighted by Crippen LogP contribution is -2.31. The summed E-state index contributed by atoms with van der Waals surface area (Å²) < 4.78 is 41.6. The molecule has 0 atom stereocenters. The van der Waals surface area contributed by atoms with Crippen molar-refractivity contribution in [2.75, 3.05) is 25.0 Å². The number of hydrogen-bond donors (Lipinski definition) is 2. The second kappa shape index (κ2) is 8.88. The number of likely N-dealkylation sites (tertiary alicyclic amines) is 1. The monoisotopic (exact) mass is 447 g/mol. The van der Waals surface area contributed by atoms with E-state index in [0.29, 0.717) is 41.9 Å². The highest BCUT2D eigenvalue weighted by Gasteiger charge is 2.26. The summed E-state index contributed by atoms with van der Waals surface area (Å²) in [5.41, 5.74) is 1.50. The number of rotatable bonds is 8. The molecule has 1 aliphatic heterocycles. The van der Waals surface area contributed by atoms with Crippen LogP contribution in [0.4, 0.5) is 10.3 Å². The molecule has 4 rings (SSSR count). The first kappa shape index (κ1) is 21.6. The third-order valence-electron chi connectivity index (χ3n) is 5.43. The van der Waals surface area contributed by atoms with E-state index < -0.39 is 15.8 Å². The Morgan fingerprint density at radius 1 is 1.26 bits per heavy atom. The third-order valence-corrected chi connectivity index (χ3v) is 6.91. The van der Waals surface area contributed by atoms with E-state index in [2.05, 4.69) is 20.0 Å². The molecule has 31 heavy (non-hydrogen) atoms. The lowest BCUT2D eigenvalue weighted by Gasteiger charge is -2.18. The molecule has 1 aliphatic carbocycles. The van der Waals surface area contributed by atoms with E-state index in [-0.39, 0.29) is 23.8 Å². The van der Waals surface area contributed by atoms with Crippen LogP contribution in [0.5, 0.6) is 0 Å². The smallest absolute Gasteiger partial charge is 0.257 e. The Labute approximate surface area is 181 Å². The number of aromatic nitrogens is 2. The molecule has 1 aromatic carbocycles. The van der Waals surface area contributed by atoms with Crippen LogP contribution < -0.4 is 10.0 Å². The predicted molar refractivity (Wildman–Crippen MR) is 114 cm³/mol. The summed E-state index contributed by atoms with van der Waals surface area (Å²) in [4.78, 5) is 23.1. The Bertz CT molecular complexity index is 1080. The number of aryl methyl sites for hydroxylation is 1. The van der Waals surface area contributed by atoms with Gasteiger partial charge in [0.1, 0.15) is 10.7 Å². The van der Waals surface area contributed by atoms with Crippen LogP contribution in [0.15, 0.2) is 29.3 Å². The molecule has 2 heterocycles. The molecule has 2 aromatic rings. The number of carbonyl (C=O) groups is 1. The van der Waals surface area contributed by atoms with Crippen LogP contribution in [0.25, 0.3) is 0 Å². The van der Waals surface area contributed by atoms with E-state index in [1.165, 1.54) is 18.3 Å². The zero-order chi connectivity index (χ0) is 22.0. The van der Waals surface area contributed by atoms with Crippen molar-refractivity contribution in [1.82, 2.24) is 19.6 Å². The first-order chi connectivity index (χ1) is 14.8. The van der Waals surface area contributed by atoms with Gasteiger partial charge in [-0.1, -0.05) is 6.07 Å². The molecule has 2 fully saturated rings. The molecule has 1 amide bonds. The molecule has 1 saturated heterocycles. The topological polar surface area (TPSA) is 104 Å². The lowest BCUT2D eigenvalue weighted by molar-refractivity contribution is 0.0791. The minimum absolute atomic E-state index is 0.0180. The van der Waals surface area contributed by atoms with Gasteiger partial charge in [0.25, 0.3) is 5.91 Å². The fourth-order valence-corrected chi connectivity index (χ4v) is 4.75. The number of sulfonamides is 1. The van der Waals surface area contributed by atoms with E-state index in [0.717, 1.165) is 31.7 Å². The number of carbonyl (C=O) groups excluding carboxylic acids is 1. The van der Waals surface area contributed by atoms with E-state index in [1.54, 1.807) is 11.8 Å². The molecule has 2 aliphatic rings. The molecule has 2 N–H and O–H groups in total. The zero-order valence-electron chi connectivity index (χ0n) is 17.4. The van der Waals surface area contributed by atoms with Gasteiger partial charge >= 0.3 is 0 Å². The van der Waals surface area contributed by atoms with E-state index in [1.807, 2.05) is 0 Å². The summed E-state index contributed by atoms with van der Waals surface area (Å²) >= 11 is 0. The van der Waals surface area contributed by atoms with Gasteiger partial charge in [0.15, 0.2) is 0 Å². The van der Waals surface area contributed by atoms with Crippen LogP contribution in [-0.2, 0) is 16.4 Å². The highest BCUT2D eigenvalue weighted by molar-refractivity contribution is 7.89. The Morgan fingerprint density at radius 3 is 2.71 bits per heavy atom. The van der Waals surface area contributed by atoms with Crippen molar-refractivity contribution in [3.8, 4) is 0 Å². The van der Waals surface area contributed by atoms with Crippen LogP contribution >= 0.6 is 0 Å². The molecule has 10 heteroatoms. The minimum atomic E-state index is -4.03. The molecule has 0 spiro atoms. The summed E-state index contributed by atoms with van der Waals surface area (Å²) in [7, 11) is -4.03. The van der Waals surface area contributed by atoms with Crippen molar-refractivity contribution in [2.24, 2.45) is 0 Å². The van der Waals surface area contributed by atoms with Gasteiger partial charge in [0, 0.05) is 38.3 Å². The number of halogens is 1. The zero-order valence-corrected chi connectivity index (χ0v) is 18.2. The van der Waals surface area contributed by atoms with Gasteiger partial charge in [-0.3, -0.25) is 4.79 Å². The van der Waals surface area contributed by atoms with Gasteiger partial charge in [0.05, 0.1) is 11.3 Å². The molecular weight excluding hydrogens is 421 g/mol. The maximum Gasteiger partial charge on any atom is 0.257 e. The highest BCUT2D eigenvalue weighted by atomic mass is 32.2. The number of amides is 1. The fraction of sp³-hybridized carbons (Fsp3) is 0.476. The number of nitrogens with one attached hydrogen (secondary N) is 2. The van der Waals surface area contributed by atoms with Gasteiger partial charge < -0.3 is 10.2 Å². The molecule has 0 unspecified atom stereocenters. The maximum atomic E-state index is 14.0. The Balaban J connectivity index is 1.51. The largest absolute Gasteiger partial charge is 0.351 e. The predicted octanol–water partition coefficient (Wildman–Crippen LogP) is 2.26. The average Bonchev–Trinajstić information content (AvgIpc) is 3.37. The maximum absolute atomic E-state index is 14.0.